The number of carbonyl (C=O) groups excluding carboxylic acids is 1. The van der Waals surface area contributed by atoms with Crippen LogP contribution >= 0.6 is 0 Å². The Bertz CT molecular complexity index is 705. The largest absolute Gasteiger partial charge is 0.275 e. The zero-order valence-corrected chi connectivity index (χ0v) is 13.6. The normalized spacial score (nSPS) is 14.2. The minimum absolute atomic E-state index is 0.0930. The Morgan fingerprint density at radius 3 is 2.65 bits per heavy atom. The van der Waals surface area contributed by atoms with Crippen molar-refractivity contribution in [3.63, 3.8) is 0 Å². The molecule has 0 fully saturated rings. The molecule has 4 nitrogen and oxygen atoms in total. The monoisotopic (exact) mass is 307 g/mol. The van der Waals surface area contributed by atoms with E-state index in [0.29, 0.717) is 18.0 Å². The Balaban J connectivity index is 1.73. The van der Waals surface area contributed by atoms with Crippen LogP contribution in [0.15, 0.2) is 53.9 Å². The molecule has 2 aromatic rings. The third-order valence-electron chi connectivity index (χ3n) is 3.88. The standard InChI is InChI=1S/C19H21N3O/c1-14(2)12-15-5-7-16(8-6-15)18-9-11-22(21-18)19(23)17-4-3-10-20-13-17/h3-8,10,13-14H,9,11-12H2,1-2H3. The van der Waals surface area contributed by atoms with E-state index in [1.54, 1.807) is 24.5 Å². The van der Waals surface area contributed by atoms with Crippen LogP contribution in [-0.4, -0.2) is 28.2 Å². The average molecular weight is 307 g/mol. The quantitative estimate of drug-likeness (QED) is 0.867. The first-order chi connectivity index (χ1) is 11.1. The highest BCUT2D eigenvalue weighted by molar-refractivity contribution is 6.04. The number of rotatable bonds is 4. The zero-order chi connectivity index (χ0) is 16.2. The summed E-state index contributed by atoms with van der Waals surface area (Å²) in [5, 5.41) is 6.03. The highest BCUT2D eigenvalue weighted by Gasteiger charge is 2.22. The Morgan fingerprint density at radius 1 is 1.22 bits per heavy atom. The molecule has 1 amide bonds. The third-order valence-corrected chi connectivity index (χ3v) is 3.88. The number of benzene rings is 1. The molecule has 0 spiro atoms. The van der Waals surface area contributed by atoms with E-state index in [1.807, 2.05) is 0 Å². The van der Waals surface area contributed by atoms with Gasteiger partial charge in [-0.2, -0.15) is 5.10 Å². The summed E-state index contributed by atoms with van der Waals surface area (Å²) in [5.41, 5.74) is 3.98. The molecule has 0 saturated heterocycles. The van der Waals surface area contributed by atoms with Gasteiger partial charge in [0.05, 0.1) is 17.8 Å². The van der Waals surface area contributed by atoms with Gasteiger partial charge in [-0.15, -0.1) is 0 Å². The molecule has 0 N–H and O–H groups in total. The molecule has 1 aliphatic heterocycles. The van der Waals surface area contributed by atoms with Crippen LogP contribution in [0.4, 0.5) is 0 Å². The molecule has 0 atom stereocenters. The van der Waals surface area contributed by atoms with Crippen LogP contribution in [-0.2, 0) is 6.42 Å². The van der Waals surface area contributed by atoms with Gasteiger partial charge in [0.15, 0.2) is 0 Å². The van der Waals surface area contributed by atoms with E-state index in [9.17, 15) is 4.79 Å². The molecule has 0 bridgehead atoms. The van der Waals surface area contributed by atoms with Gasteiger partial charge in [0, 0.05) is 18.8 Å². The Hall–Kier alpha value is -2.49. The molecular weight excluding hydrogens is 286 g/mol. The number of hydrazone groups is 1. The molecular formula is C19H21N3O. The molecule has 23 heavy (non-hydrogen) atoms. The minimum atomic E-state index is -0.0930. The lowest BCUT2D eigenvalue weighted by Crippen LogP contribution is -2.23. The number of aromatic nitrogens is 1. The number of carbonyl (C=O) groups is 1. The summed E-state index contributed by atoms with van der Waals surface area (Å²) in [7, 11) is 0. The molecule has 0 unspecified atom stereocenters. The van der Waals surface area contributed by atoms with Gasteiger partial charge < -0.3 is 0 Å². The van der Waals surface area contributed by atoms with E-state index >= 15 is 0 Å². The van der Waals surface area contributed by atoms with E-state index in [2.05, 4.69) is 48.2 Å². The number of nitrogens with zero attached hydrogens (tertiary/aromatic N) is 3. The third kappa shape index (κ3) is 3.65. The van der Waals surface area contributed by atoms with Crippen molar-refractivity contribution in [3.8, 4) is 0 Å². The summed E-state index contributed by atoms with van der Waals surface area (Å²) in [5.74, 6) is 0.557. The molecule has 0 radical (unpaired) electrons. The number of hydrogen-bond acceptors (Lipinski definition) is 3. The van der Waals surface area contributed by atoms with Gasteiger partial charge in [0.2, 0.25) is 0 Å². The molecule has 0 saturated carbocycles. The maximum Gasteiger partial charge on any atom is 0.275 e. The van der Waals surface area contributed by atoms with E-state index < -0.39 is 0 Å². The molecule has 3 rings (SSSR count). The minimum Gasteiger partial charge on any atom is -0.267 e. The second kappa shape index (κ2) is 6.73. The van der Waals surface area contributed by atoms with Crippen molar-refractivity contribution in [1.82, 2.24) is 9.99 Å². The maximum atomic E-state index is 12.4. The predicted octanol–water partition coefficient (Wildman–Crippen LogP) is 3.53. The predicted molar refractivity (Wildman–Crippen MR) is 91.4 cm³/mol. The molecule has 1 aromatic heterocycles. The van der Waals surface area contributed by atoms with Gasteiger partial charge in [0.25, 0.3) is 5.91 Å². The highest BCUT2D eigenvalue weighted by Crippen LogP contribution is 2.17. The fourth-order valence-corrected chi connectivity index (χ4v) is 2.75. The first-order valence-corrected chi connectivity index (χ1v) is 8.02. The van der Waals surface area contributed by atoms with Crippen molar-refractivity contribution in [2.75, 3.05) is 6.54 Å². The lowest BCUT2D eigenvalue weighted by molar-refractivity contribution is 0.0778. The SMILES string of the molecule is CC(C)Cc1ccc(C2=NN(C(=O)c3cccnc3)CC2)cc1. The van der Waals surface area contributed by atoms with Gasteiger partial charge in [-0.3, -0.25) is 9.78 Å². The van der Waals surface area contributed by atoms with Crippen molar-refractivity contribution in [3.05, 3.63) is 65.5 Å². The molecule has 118 valence electrons. The summed E-state index contributed by atoms with van der Waals surface area (Å²) in [4.78, 5) is 16.4. The fourth-order valence-electron chi connectivity index (χ4n) is 2.75. The second-order valence-electron chi connectivity index (χ2n) is 6.26. The molecule has 1 aliphatic rings. The van der Waals surface area contributed by atoms with E-state index in [-0.39, 0.29) is 5.91 Å². The van der Waals surface area contributed by atoms with Gasteiger partial charge in [-0.25, -0.2) is 5.01 Å². The fraction of sp³-hybridized carbons (Fsp3) is 0.316. The lowest BCUT2D eigenvalue weighted by Gasteiger charge is -2.10. The molecule has 4 heteroatoms. The second-order valence-corrected chi connectivity index (χ2v) is 6.26. The van der Waals surface area contributed by atoms with Crippen molar-refractivity contribution in [2.24, 2.45) is 11.0 Å². The topological polar surface area (TPSA) is 45.6 Å². The summed E-state index contributed by atoms with van der Waals surface area (Å²) in [6.45, 7) is 5.06. The van der Waals surface area contributed by atoms with Crippen molar-refractivity contribution < 1.29 is 4.79 Å². The highest BCUT2D eigenvalue weighted by atomic mass is 16.2. The smallest absolute Gasteiger partial charge is 0.267 e. The van der Waals surface area contributed by atoms with E-state index in [1.165, 1.54) is 10.6 Å². The number of amides is 1. The first kappa shape index (κ1) is 15.4. The Labute approximate surface area is 136 Å². The lowest BCUT2D eigenvalue weighted by atomic mass is 10.00. The van der Waals surface area contributed by atoms with Crippen LogP contribution in [0.3, 0.4) is 0 Å². The van der Waals surface area contributed by atoms with Crippen LogP contribution < -0.4 is 0 Å². The Morgan fingerprint density at radius 2 is 2.00 bits per heavy atom. The number of pyridine rings is 1. The van der Waals surface area contributed by atoms with Crippen molar-refractivity contribution >= 4 is 11.6 Å². The average Bonchev–Trinajstić information content (AvgIpc) is 3.05. The van der Waals surface area contributed by atoms with Gasteiger partial charge in [-0.1, -0.05) is 38.1 Å². The van der Waals surface area contributed by atoms with Crippen LogP contribution in [0.5, 0.6) is 0 Å². The maximum absolute atomic E-state index is 12.4. The van der Waals surface area contributed by atoms with Crippen molar-refractivity contribution in [1.29, 1.82) is 0 Å². The summed E-state index contributed by atoms with van der Waals surface area (Å²) in [6, 6.07) is 12.1. The summed E-state index contributed by atoms with van der Waals surface area (Å²) in [6.07, 6.45) is 5.11. The van der Waals surface area contributed by atoms with E-state index in [0.717, 1.165) is 24.1 Å². The van der Waals surface area contributed by atoms with Crippen molar-refractivity contribution in [2.45, 2.75) is 26.7 Å². The molecule has 1 aromatic carbocycles. The first-order valence-electron chi connectivity index (χ1n) is 8.02. The summed E-state index contributed by atoms with van der Waals surface area (Å²) >= 11 is 0. The van der Waals surface area contributed by atoms with E-state index in [4.69, 9.17) is 0 Å². The number of hydrogen-bond donors (Lipinski definition) is 0. The Kier molecular flexibility index (Phi) is 4.51. The van der Waals surface area contributed by atoms with Gasteiger partial charge in [-0.05, 0) is 35.6 Å². The summed E-state index contributed by atoms with van der Waals surface area (Å²) < 4.78 is 0. The molecule has 0 aliphatic carbocycles. The van der Waals surface area contributed by atoms with Gasteiger partial charge in [0.1, 0.15) is 0 Å². The molecule has 2 heterocycles. The van der Waals surface area contributed by atoms with Crippen LogP contribution in [0.25, 0.3) is 0 Å². The van der Waals surface area contributed by atoms with Gasteiger partial charge >= 0.3 is 0 Å². The van der Waals surface area contributed by atoms with Crippen LogP contribution in [0.1, 0.15) is 41.8 Å². The van der Waals surface area contributed by atoms with Crippen LogP contribution in [0.2, 0.25) is 0 Å². The zero-order valence-electron chi connectivity index (χ0n) is 13.6. The van der Waals surface area contributed by atoms with Crippen LogP contribution in [0, 0.1) is 5.92 Å².